The lowest BCUT2D eigenvalue weighted by Gasteiger charge is -2.09. The van der Waals surface area contributed by atoms with Crippen LogP contribution in [0, 0.1) is 6.92 Å². The Hall–Kier alpha value is -2.21. The summed E-state index contributed by atoms with van der Waals surface area (Å²) in [4.78, 5) is 12.3. The number of halogens is 1. The van der Waals surface area contributed by atoms with Gasteiger partial charge in [0.15, 0.2) is 0 Å². The Kier molecular flexibility index (Phi) is 5.48. The van der Waals surface area contributed by atoms with Gasteiger partial charge < -0.3 is 0 Å². The summed E-state index contributed by atoms with van der Waals surface area (Å²) >= 11 is 5.91. The first-order chi connectivity index (χ1) is 12.0. The van der Waals surface area contributed by atoms with Gasteiger partial charge in [-0.05, 0) is 43.5 Å². The molecule has 2 atom stereocenters. The fourth-order valence-electron chi connectivity index (χ4n) is 2.72. The number of benzene rings is 2. The van der Waals surface area contributed by atoms with Gasteiger partial charge in [-0.25, -0.2) is 16.3 Å². The average Bonchev–Trinajstić information content (AvgIpc) is 3.11. The number of hydrogen-bond acceptors (Lipinski definition) is 4. The normalized spacial score (nSPS) is 20.5. The molecule has 1 amide bonds. The van der Waals surface area contributed by atoms with Gasteiger partial charge in [-0.1, -0.05) is 53.6 Å². The highest BCUT2D eigenvalue weighted by atomic mass is 35.5. The van der Waals surface area contributed by atoms with E-state index >= 15 is 0 Å². The molecule has 0 aromatic heterocycles. The van der Waals surface area contributed by atoms with E-state index < -0.39 is 0 Å². The van der Waals surface area contributed by atoms with E-state index in [1.807, 2.05) is 62.4 Å². The molecule has 3 N–H and O–H groups in total. The van der Waals surface area contributed by atoms with Crippen LogP contribution >= 0.6 is 11.6 Å². The molecule has 5 nitrogen and oxygen atoms in total. The number of hydrazone groups is 1. The quantitative estimate of drug-likeness (QED) is 0.582. The predicted octanol–water partition coefficient (Wildman–Crippen LogP) is 3.10. The van der Waals surface area contributed by atoms with E-state index in [0.717, 1.165) is 16.8 Å². The van der Waals surface area contributed by atoms with Gasteiger partial charge in [0.25, 0.3) is 5.91 Å². The van der Waals surface area contributed by atoms with Crippen LogP contribution in [-0.2, 0) is 4.79 Å². The molecule has 2 aromatic carbocycles. The van der Waals surface area contributed by atoms with Crippen molar-refractivity contribution in [1.82, 2.24) is 16.3 Å². The molecule has 0 bridgehead atoms. The number of nitrogens with zero attached hydrogens (tertiary/aromatic N) is 1. The lowest BCUT2D eigenvalue weighted by Crippen LogP contribution is -2.41. The molecular weight excluding hydrogens is 336 g/mol. The van der Waals surface area contributed by atoms with Crippen molar-refractivity contribution in [3.05, 3.63) is 70.2 Å². The third-order valence-corrected chi connectivity index (χ3v) is 4.55. The van der Waals surface area contributed by atoms with Gasteiger partial charge >= 0.3 is 0 Å². The minimum atomic E-state index is -0.338. The number of carbonyl (C=O) groups is 1. The van der Waals surface area contributed by atoms with Crippen molar-refractivity contribution in [2.75, 3.05) is 0 Å². The molecule has 1 aliphatic heterocycles. The average molecular weight is 357 g/mol. The van der Waals surface area contributed by atoms with Crippen LogP contribution in [-0.4, -0.2) is 17.7 Å². The summed E-state index contributed by atoms with van der Waals surface area (Å²) in [6, 6.07) is 15.4. The van der Waals surface area contributed by atoms with E-state index in [4.69, 9.17) is 11.6 Å². The minimum Gasteiger partial charge on any atom is -0.271 e. The Balaban J connectivity index is 1.57. The molecular formula is C19H21ClN4O. The van der Waals surface area contributed by atoms with Crippen molar-refractivity contribution < 1.29 is 4.79 Å². The predicted molar refractivity (Wildman–Crippen MR) is 100 cm³/mol. The summed E-state index contributed by atoms with van der Waals surface area (Å²) in [5.74, 6) is -0.157. The lowest BCUT2D eigenvalue weighted by molar-refractivity contribution is -0.122. The van der Waals surface area contributed by atoms with Crippen LogP contribution in [0.2, 0.25) is 5.02 Å². The molecule has 1 fully saturated rings. The Morgan fingerprint density at radius 2 is 1.80 bits per heavy atom. The Bertz CT molecular complexity index is 771. The molecule has 1 heterocycles. The molecule has 130 valence electrons. The fraction of sp³-hybridized carbons (Fsp3) is 0.263. The summed E-state index contributed by atoms with van der Waals surface area (Å²) in [5, 5.41) is 4.91. The van der Waals surface area contributed by atoms with E-state index in [-0.39, 0.29) is 18.0 Å². The first-order valence-electron chi connectivity index (χ1n) is 8.20. The molecule has 3 rings (SSSR count). The molecule has 25 heavy (non-hydrogen) atoms. The zero-order valence-corrected chi connectivity index (χ0v) is 15.0. The molecule has 2 aromatic rings. The molecule has 1 saturated heterocycles. The molecule has 0 radical (unpaired) electrons. The highest BCUT2D eigenvalue weighted by Crippen LogP contribution is 2.23. The van der Waals surface area contributed by atoms with Gasteiger partial charge in [-0.15, -0.1) is 0 Å². The van der Waals surface area contributed by atoms with Gasteiger partial charge in [-0.3, -0.25) is 4.79 Å². The number of hydrogen-bond donors (Lipinski definition) is 3. The van der Waals surface area contributed by atoms with Gasteiger partial charge in [0.05, 0.1) is 5.71 Å². The van der Waals surface area contributed by atoms with E-state index in [2.05, 4.69) is 21.4 Å². The molecule has 6 heteroatoms. The minimum absolute atomic E-state index is 0.0650. The number of aryl methyl sites for hydroxylation is 1. The number of amides is 1. The third-order valence-electron chi connectivity index (χ3n) is 4.30. The van der Waals surface area contributed by atoms with E-state index in [1.165, 1.54) is 5.56 Å². The van der Waals surface area contributed by atoms with Gasteiger partial charge in [0, 0.05) is 11.1 Å². The maximum atomic E-state index is 12.3. The summed E-state index contributed by atoms with van der Waals surface area (Å²) in [6.45, 7) is 3.91. The lowest BCUT2D eigenvalue weighted by atomic mass is 10.0. The molecule has 0 saturated carbocycles. The molecule has 1 aliphatic rings. The second-order valence-corrected chi connectivity index (χ2v) is 6.66. The highest BCUT2D eigenvalue weighted by Gasteiger charge is 2.30. The fourth-order valence-corrected chi connectivity index (χ4v) is 2.84. The smallest absolute Gasteiger partial charge is 0.258 e. The van der Waals surface area contributed by atoms with Gasteiger partial charge in [0.1, 0.15) is 6.04 Å². The maximum Gasteiger partial charge on any atom is 0.258 e. The van der Waals surface area contributed by atoms with E-state index in [1.54, 1.807) is 0 Å². The van der Waals surface area contributed by atoms with Crippen molar-refractivity contribution in [3.63, 3.8) is 0 Å². The Morgan fingerprint density at radius 3 is 2.48 bits per heavy atom. The summed E-state index contributed by atoms with van der Waals surface area (Å²) in [7, 11) is 0. The largest absolute Gasteiger partial charge is 0.271 e. The molecule has 2 unspecified atom stereocenters. The SMILES string of the molecule is C/C(=N\NC(=O)C1CC(c2ccc(Cl)cc2)NN1)c1ccc(C)cc1. The van der Waals surface area contributed by atoms with Gasteiger partial charge in [-0.2, -0.15) is 5.10 Å². The maximum absolute atomic E-state index is 12.3. The van der Waals surface area contributed by atoms with Crippen LogP contribution in [0.25, 0.3) is 0 Å². The van der Waals surface area contributed by atoms with Gasteiger partial charge in [0.2, 0.25) is 0 Å². The van der Waals surface area contributed by atoms with Crippen molar-refractivity contribution in [1.29, 1.82) is 0 Å². The topological polar surface area (TPSA) is 65.5 Å². The van der Waals surface area contributed by atoms with E-state index in [0.29, 0.717) is 11.4 Å². The zero-order chi connectivity index (χ0) is 17.8. The third kappa shape index (κ3) is 4.45. The van der Waals surface area contributed by atoms with Crippen LogP contribution in [0.1, 0.15) is 36.1 Å². The van der Waals surface area contributed by atoms with Crippen LogP contribution < -0.4 is 16.3 Å². The Labute approximate surface area is 152 Å². The van der Waals surface area contributed by atoms with Crippen molar-refractivity contribution >= 4 is 23.2 Å². The standard InChI is InChI=1S/C19H21ClN4O/c1-12-3-5-14(6-4-12)13(2)21-24-19(25)18-11-17(22-23-18)15-7-9-16(20)10-8-15/h3-10,17-18,22-23H,11H2,1-2H3,(H,24,25)/b21-13+. The van der Waals surface area contributed by atoms with Crippen molar-refractivity contribution in [3.8, 4) is 0 Å². The number of carbonyl (C=O) groups excluding carboxylic acids is 1. The Morgan fingerprint density at radius 1 is 1.12 bits per heavy atom. The first-order valence-corrected chi connectivity index (χ1v) is 8.58. The van der Waals surface area contributed by atoms with Crippen LogP contribution in [0.4, 0.5) is 0 Å². The zero-order valence-electron chi connectivity index (χ0n) is 14.2. The second-order valence-electron chi connectivity index (χ2n) is 6.22. The van der Waals surface area contributed by atoms with Crippen LogP contribution in [0.15, 0.2) is 53.6 Å². The molecule has 0 spiro atoms. The summed E-state index contributed by atoms with van der Waals surface area (Å²) in [6.07, 6.45) is 0.645. The summed E-state index contributed by atoms with van der Waals surface area (Å²) < 4.78 is 0. The first kappa shape index (κ1) is 17.6. The van der Waals surface area contributed by atoms with Crippen LogP contribution in [0.3, 0.4) is 0 Å². The highest BCUT2D eigenvalue weighted by molar-refractivity contribution is 6.30. The second kappa shape index (κ2) is 7.78. The molecule has 0 aliphatic carbocycles. The van der Waals surface area contributed by atoms with Crippen molar-refractivity contribution in [2.24, 2.45) is 5.10 Å². The number of nitrogens with one attached hydrogen (secondary N) is 3. The monoisotopic (exact) mass is 356 g/mol. The number of hydrazine groups is 1. The van der Waals surface area contributed by atoms with E-state index in [9.17, 15) is 4.79 Å². The van der Waals surface area contributed by atoms with Crippen LogP contribution in [0.5, 0.6) is 0 Å². The summed E-state index contributed by atoms with van der Waals surface area (Å²) in [5.41, 5.74) is 12.9. The van der Waals surface area contributed by atoms with Crippen molar-refractivity contribution in [2.45, 2.75) is 32.4 Å². The number of rotatable bonds is 4.